The molecule has 1 aliphatic rings. The first-order valence-electron chi connectivity index (χ1n) is 7.53. The highest BCUT2D eigenvalue weighted by atomic mass is 79.9. The Kier molecular flexibility index (Phi) is 4.18. The average Bonchev–Trinajstić information content (AvgIpc) is 2.64. The van der Waals surface area contributed by atoms with Crippen LogP contribution in [0.2, 0.25) is 0 Å². The zero-order valence-electron chi connectivity index (χ0n) is 12.9. The van der Waals surface area contributed by atoms with Gasteiger partial charge in [0.2, 0.25) is 0 Å². The molecule has 0 aliphatic heterocycles. The highest BCUT2D eigenvalue weighted by Gasteiger charge is 2.31. The first kappa shape index (κ1) is 14.8. The van der Waals surface area contributed by atoms with E-state index in [9.17, 15) is 0 Å². The molecule has 0 spiro atoms. The molecule has 1 heterocycles. The van der Waals surface area contributed by atoms with Crippen LogP contribution in [0, 0.1) is 13.8 Å². The lowest BCUT2D eigenvalue weighted by molar-refractivity contribution is 0.288. The van der Waals surface area contributed by atoms with Gasteiger partial charge in [0.15, 0.2) is 0 Å². The van der Waals surface area contributed by atoms with Crippen molar-refractivity contribution in [3.05, 3.63) is 51.3 Å². The number of halogens is 1. The molecule has 1 N–H and O–H groups in total. The Balaban J connectivity index is 1.55. The van der Waals surface area contributed by atoms with Gasteiger partial charge in [0.1, 0.15) is 0 Å². The van der Waals surface area contributed by atoms with Gasteiger partial charge in [-0.05, 0) is 44.2 Å². The predicted molar refractivity (Wildman–Crippen MR) is 89.4 cm³/mol. The van der Waals surface area contributed by atoms with Crippen molar-refractivity contribution in [1.29, 1.82) is 0 Å². The van der Waals surface area contributed by atoms with E-state index in [1.165, 1.54) is 34.1 Å². The van der Waals surface area contributed by atoms with E-state index >= 15 is 0 Å². The smallest absolute Gasteiger partial charge is 0.0641 e. The third-order valence-corrected chi connectivity index (χ3v) is 5.43. The third-order valence-electron chi connectivity index (χ3n) is 4.71. The largest absolute Gasteiger partial charge is 0.310 e. The maximum Gasteiger partial charge on any atom is 0.0641 e. The number of hydrogen-bond donors (Lipinski definition) is 1. The molecule has 0 radical (unpaired) electrons. The fourth-order valence-electron chi connectivity index (χ4n) is 3.16. The summed E-state index contributed by atoms with van der Waals surface area (Å²) in [5.41, 5.74) is 5.21. The monoisotopic (exact) mass is 347 g/mol. The van der Waals surface area contributed by atoms with Gasteiger partial charge in [-0.25, -0.2) is 0 Å². The number of aromatic nitrogens is 2. The lowest BCUT2D eigenvalue weighted by atomic mass is 9.76. The third kappa shape index (κ3) is 2.92. The lowest BCUT2D eigenvalue weighted by Gasteiger charge is -2.37. The van der Waals surface area contributed by atoms with E-state index in [1.807, 2.05) is 11.7 Å². The molecule has 2 aromatic rings. The summed E-state index contributed by atoms with van der Waals surface area (Å²) in [5, 5.41) is 8.16. The van der Waals surface area contributed by atoms with Crippen LogP contribution in [0.4, 0.5) is 0 Å². The summed E-state index contributed by atoms with van der Waals surface area (Å²) in [6.07, 6.45) is 2.45. The van der Waals surface area contributed by atoms with Crippen LogP contribution in [0.3, 0.4) is 0 Å². The molecule has 3 nitrogen and oxygen atoms in total. The minimum absolute atomic E-state index is 0.626. The first-order valence-corrected chi connectivity index (χ1v) is 8.32. The molecule has 3 rings (SSSR count). The summed E-state index contributed by atoms with van der Waals surface area (Å²) in [7, 11) is 2.01. The van der Waals surface area contributed by atoms with E-state index in [0.717, 1.165) is 12.2 Å². The summed E-state index contributed by atoms with van der Waals surface area (Å²) in [4.78, 5) is 0. The second kappa shape index (κ2) is 5.93. The fraction of sp³-hybridized carbons (Fsp3) is 0.471. The molecule has 21 heavy (non-hydrogen) atoms. The Bertz CT molecular complexity index is 641. The second-order valence-corrected chi connectivity index (χ2v) is 6.89. The van der Waals surface area contributed by atoms with Crippen molar-refractivity contribution in [2.24, 2.45) is 7.05 Å². The van der Waals surface area contributed by atoms with Gasteiger partial charge < -0.3 is 5.32 Å². The summed E-state index contributed by atoms with van der Waals surface area (Å²) in [5.74, 6) is 0.689. The van der Waals surface area contributed by atoms with Crippen LogP contribution in [0.5, 0.6) is 0 Å². The van der Waals surface area contributed by atoms with Gasteiger partial charge in [0, 0.05) is 35.4 Å². The first-order chi connectivity index (χ1) is 10.1. The summed E-state index contributed by atoms with van der Waals surface area (Å²) in [6.45, 7) is 5.16. The number of hydrogen-bond acceptors (Lipinski definition) is 2. The van der Waals surface area contributed by atoms with E-state index in [4.69, 9.17) is 0 Å². The van der Waals surface area contributed by atoms with Gasteiger partial charge in [-0.3, -0.25) is 4.68 Å². The van der Waals surface area contributed by atoms with E-state index in [-0.39, 0.29) is 0 Å². The summed E-state index contributed by atoms with van der Waals surface area (Å²) in [6, 6.07) is 9.21. The molecule has 1 aromatic heterocycles. The van der Waals surface area contributed by atoms with Crippen LogP contribution in [0.25, 0.3) is 0 Å². The fourth-order valence-corrected chi connectivity index (χ4v) is 3.77. The Morgan fingerprint density at radius 2 is 2.00 bits per heavy atom. The van der Waals surface area contributed by atoms with E-state index in [1.54, 1.807) is 0 Å². The van der Waals surface area contributed by atoms with Crippen molar-refractivity contribution >= 4 is 15.9 Å². The van der Waals surface area contributed by atoms with Crippen molar-refractivity contribution in [3.8, 4) is 0 Å². The normalized spacial score (nSPS) is 21.3. The molecule has 0 saturated heterocycles. The second-order valence-electron chi connectivity index (χ2n) is 6.04. The molecule has 1 aliphatic carbocycles. The molecule has 0 atom stereocenters. The SMILES string of the molecule is Cc1nn(C)c(C)c1CNC1CC(c2ccccc2Br)C1. The van der Waals surface area contributed by atoms with Crippen molar-refractivity contribution in [2.75, 3.05) is 0 Å². The molecule has 0 bridgehead atoms. The van der Waals surface area contributed by atoms with E-state index in [2.05, 4.69) is 64.5 Å². The quantitative estimate of drug-likeness (QED) is 0.910. The van der Waals surface area contributed by atoms with Crippen molar-refractivity contribution < 1.29 is 0 Å². The van der Waals surface area contributed by atoms with Crippen molar-refractivity contribution in [1.82, 2.24) is 15.1 Å². The molecule has 112 valence electrons. The number of benzene rings is 1. The van der Waals surface area contributed by atoms with Gasteiger partial charge in [-0.1, -0.05) is 34.1 Å². The highest BCUT2D eigenvalue weighted by molar-refractivity contribution is 9.10. The summed E-state index contributed by atoms with van der Waals surface area (Å²) < 4.78 is 3.21. The zero-order chi connectivity index (χ0) is 15.0. The van der Waals surface area contributed by atoms with Gasteiger partial charge >= 0.3 is 0 Å². The molecule has 1 fully saturated rings. The molecule has 4 heteroatoms. The van der Waals surface area contributed by atoms with Crippen molar-refractivity contribution in [2.45, 2.75) is 45.2 Å². The maximum absolute atomic E-state index is 4.48. The predicted octanol–water partition coefficient (Wildman–Crippen LogP) is 3.84. The van der Waals surface area contributed by atoms with Crippen LogP contribution >= 0.6 is 15.9 Å². The van der Waals surface area contributed by atoms with Crippen LogP contribution in [0.15, 0.2) is 28.7 Å². The van der Waals surface area contributed by atoms with Crippen LogP contribution in [0.1, 0.15) is 41.3 Å². The van der Waals surface area contributed by atoms with E-state index < -0.39 is 0 Å². The summed E-state index contributed by atoms with van der Waals surface area (Å²) >= 11 is 3.66. The molecular formula is C17H22BrN3. The minimum atomic E-state index is 0.626. The molecule has 0 amide bonds. The Labute approximate surface area is 134 Å². The highest BCUT2D eigenvalue weighted by Crippen LogP contribution is 2.40. The molecule has 1 aromatic carbocycles. The molecular weight excluding hydrogens is 326 g/mol. The topological polar surface area (TPSA) is 29.9 Å². The van der Waals surface area contributed by atoms with E-state index in [0.29, 0.717) is 12.0 Å². The van der Waals surface area contributed by atoms with Gasteiger partial charge in [0.05, 0.1) is 5.69 Å². The average molecular weight is 348 g/mol. The Hall–Kier alpha value is -1.13. The maximum atomic E-state index is 4.48. The zero-order valence-corrected chi connectivity index (χ0v) is 14.4. The number of aryl methyl sites for hydroxylation is 2. The lowest BCUT2D eigenvalue weighted by Crippen LogP contribution is -2.39. The number of rotatable bonds is 4. The van der Waals surface area contributed by atoms with Crippen LogP contribution in [-0.2, 0) is 13.6 Å². The van der Waals surface area contributed by atoms with Crippen molar-refractivity contribution in [3.63, 3.8) is 0 Å². The van der Waals surface area contributed by atoms with Crippen LogP contribution < -0.4 is 5.32 Å². The molecule has 0 unspecified atom stereocenters. The standard InChI is InChI=1S/C17H22BrN3/c1-11-16(12(2)21(3)20-11)10-19-14-8-13(9-14)15-6-4-5-7-17(15)18/h4-7,13-14,19H,8-10H2,1-3H3. The van der Waals surface area contributed by atoms with Crippen LogP contribution in [-0.4, -0.2) is 15.8 Å². The Morgan fingerprint density at radius 3 is 2.62 bits per heavy atom. The van der Waals surface area contributed by atoms with Gasteiger partial charge in [0.25, 0.3) is 0 Å². The Morgan fingerprint density at radius 1 is 1.29 bits per heavy atom. The number of nitrogens with zero attached hydrogens (tertiary/aromatic N) is 2. The minimum Gasteiger partial charge on any atom is -0.310 e. The van der Waals surface area contributed by atoms with Gasteiger partial charge in [-0.2, -0.15) is 5.10 Å². The number of nitrogens with one attached hydrogen (secondary N) is 1. The van der Waals surface area contributed by atoms with Gasteiger partial charge in [-0.15, -0.1) is 0 Å². The molecule has 1 saturated carbocycles.